The second-order valence-electron chi connectivity index (χ2n) is 7.48. The predicted octanol–water partition coefficient (Wildman–Crippen LogP) is 1.76. The maximum Gasteiger partial charge on any atom is 0.334 e. The van der Waals surface area contributed by atoms with Gasteiger partial charge in [0.2, 0.25) is 12.7 Å². The summed E-state index contributed by atoms with van der Waals surface area (Å²) in [4.78, 5) is 39.5. The molecule has 0 fully saturated rings. The van der Waals surface area contributed by atoms with Crippen molar-refractivity contribution in [3.63, 3.8) is 0 Å². The quantitative estimate of drug-likeness (QED) is 0.532. The first-order valence-corrected chi connectivity index (χ1v) is 9.91. The molecule has 9 nitrogen and oxygen atoms in total. The van der Waals surface area contributed by atoms with E-state index in [0.717, 1.165) is 17.5 Å². The molecule has 0 saturated carbocycles. The standard InChI is InChI=1S/C22H17N5O4/c28-20-16-10-23-21(26-8-7-13-3-1-2-4-14(13)11-26)24-19(16)25-22(29)27(20)15-5-6-17-18(9-15)31-12-30-17/h1-6,9-10H,7-8,11-12H2,(H,23,24,25,29). The minimum atomic E-state index is -0.579. The summed E-state index contributed by atoms with van der Waals surface area (Å²) in [7, 11) is 0. The Morgan fingerprint density at radius 2 is 1.84 bits per heavy atom. The summed E-state index contributed by atoms with van der Waals surface area (Å²) >= 11 is 0. The lowest BCUT2D eigenvalue weighted by atomic mass is 10.0. The van der Waals surface area contributed by atoms with E-state index >= 15 is 0 Å². The molecule has 0 amide bonds. The van der Waals surface area contributed by atoms with Crippen LogP contribution in [0.1, 0.15) is 11.1 Å². The number of aromatic nitrogens is 4. The summed E-state index contributed by atoms with van der Waals surface area (Å²) in [5.74, 6) is 1.55. The lowest BCUT2D eigenvalue weighted by Crippen LogP contribution is -2.35. The van der Waals surface area contributed by atoms with Crippen LogP contribution in [-0.2, 0) is 13.0 Å². The summed E-state index contributed by atoms with van der Waals surface area (Å²) in [6, 6.07) is 13.2. The summed E-state index contributed by atoms with van der Waals surface area (Å²) < 4.78 is 11.7. The number of benzene rings is 2. The molecule has 0 radical (unpaired) electrons. The van der Waals surface area contributed by atoms with Crippen LogP contribution in [0.2, 0.25) is 0 Å². The van der Waals surface area contributed by atoms with E-state index in [1.165, 1.54) is 17.3 Å². The fourth-order valence-electron chi connectivity index (χ4n) is 4.07. The minimum Gasteiger partial charge on any atom is -0.454 e. The molecular formula is C22H17N5O4. The molecule has 2 aromatic heterocycles. The third kappa shape index (κ3) is 2.85. The first kappa shape index (κ1) is 17.7. The molecule has 0 aliphatic carbocycles. The van der Waals surface area contributed by atoms with Gasteiger partial charge >= 0.3 is 5.69 Å². The van der Waals surface area contributed by atoms with Crippen molar-refractivity contribution in [1.29, 1.82) is 0 Å². The molecule has 2 aromatic carbocycles. The van der Waals surface area contributed by atoms with E-state index in [1.807, 2.05) is 17.0 Å². The number of ether oxygens (including phenoxy) is 2. The number of rotatable bonds is 2. The Morgan fingerprint density at radius 3 is 2.74 bits per heavy atom. The number of hydrogen-bond donors (Lipinski definition) is 1. The van der Waals surface area contributed by atoms with Crippen LogP contribution in [0, 0.1) is 0 Å². The smallest absolute Gasteiger partial charge is 0.334 e. The highest BCUT2D eigenvalue weighted by molar-refractivity contribution is 5.74. The van der Waals surface area contributed by atoms with Crippen molar-refractivity contribution in [3.05, 3.63) is 80.6 Å². The van der Waals surface area contributed by atoms with Crippen molar-refractivity contribution in [3.8, 4) is 17.2 Å². The molecule has 6 rings (SSSR count). The Balaban J connectivity index is 1.41. The highest BCUT2D eigenvalue weighted by Gasteiger charge is 2.20. The summed E-state index contributed by atoms with van der Waals surface area (Å²) in [6.45, 7) is 1.56. The lowest BCUT2D eigenvalue weighted by molar-refractivity contribution is 0.174. The Morgan fingerprint density at radius 1 is 1.00 bits per heavy atom. The van der Waals surface area contributed by atoms with E-state index in [0.29, 0.717) is 29.7 Å². The fraction of sp³-hybridized carbons (Fsp3) is 0.182. The number of nitrogens with one attached hydrogen (secondary N) is 1. The van der Waals surface area contributed by atoms with Gasteiger partial charge in [-0.25, -0.2) is 14.3 Å². The average Bonchev–Trinajstić information content (AvgIpc) is 3.26. The van der Waals surface area contributed by atoms with Crippen molar-refractivity contribution in [2.45, 2.75) is 13.0 Å². The molecule has 31 heavy (non-hydrogen) atoms. The monoisotopic (exact) mass is 415 g/mol. The van der Waals surface area contributed by atoms with E-state index in [4.69, 9.17) is 9.47 Å². The van der Waals surface area contributed by atoms with Crippen LogP contribution in [0.25, 0.3) is 16.7 Å². The second kappa shape index (κ2) is 6.69. The number of hydrogen-bond acceptors (Lipinski definition) is 7. The van der Waals surface area contributed by atoms with E-state index in [-0.39, 0.29) is 17.8 Å². The third-order valence-corrected chi connectivity index (χ3v) is 5.67. The molecule has 1 N–H and O–H groups in total. The molecule has 4 heterocycles. The molecule has 0 spiro atoms. The number of anilines is 1. The minimum absolute atomic E-state index is 0.110. The highest BCUT2D eigenvalue weighted by Crippen LogP contribution is 2.33. The topological polar surface area (TPSA) is 102 Å². The molecule has 9 heteroatoms. The van der Waals surface area contributed by atoms with Gasteiger partial charge in [0.1, 0.15) is 5.39 Å². The van der Waals surface area contributed by atoms with Crippen molar-refractivity contribution in [2.24, 2.45) is 0 Å². The average molecular weight is 415 g/mol. The van der Waals surface area contributed by atoms with Gasteiger partial charge in [-0.05, 0) is 29.7 Å². The number of H-pyrrole nitrogens is 1. The largest absolute Gasteiger partial charge is 0.454 e. The lowest BCUT2D eigenvalue weighted by Gasteiger charge is -2.28. The van der Waals surface area contributed by atoms with Gasteiger partial charge in [-0.15, -0.1) is 0 Å². The van der Waals surface area contributed by atoms with Crippen LogP contribution < -0.4 is 25.6 Å². The number of fused-ring (bicyclic) bond motifs is 3. The van der Waals surface area contributed by atoms with Crippen molar-refractivity contribution < 1.29 is 9.47 Å². The van der Waals surface area contributed by atoms with Gasteiger partial charge in [0.15, 0.2) is 17.1 Å². The Bertz CT molecular complexity index is 1460. The van der Waals surface area contributed by atoms with E-state index < -0.39 is 11.2 Å². The van der Waals surface area contributed by atoms with Crippen LogP contribution >= 0.6 is 0 Å². The molecule has 0 bridgehead atoms. The van der Waals surface area contributed by atoms with Gasteiger partial charge in [0.25, 0.3) is 5.56 Å². The summed E-state index contributed by atoms with van der Waals surface area (Å²) in [5, 5.41) is 0.235. The number of aromatic amines is 1. The third-order valence-electron chi connectivity index (χ3n) is 5.67. The number of nitrogens with zero attached hydrogens (tertiary/aromatic N) is 4. The van der Waals surface area contributed by atoms with Gasteiger partial charge in [-0.1, -0.05) is 24.3 Å². The SMILES string of the molecule is O=c1[nH]c2nc(N3CCc4ccccc4C3)ncc2c(=O)n1-c1ccc2c(c1)OCO2. The van der Waals surface area contributed by atoms with Crippen molar-refractivity contribution in [2.75, 3.05) is 18.2 Å². The zero-order valence-corrected chi connectivity index (χ0v) is 16.4. The Labute approximate surface area is 175 Å². The molecule has 2 aliphatic rings. The fourth-order valence-corrected chi connectivity index (χ4v) is 4.07. The second-order valence-corrected chi connectivity index (χ2v) is 7.48. The van der Waals surface area contributed by atoms with Crippen molar-refractivity contribution in [1.82, 2.24) is 19.5 Å². The van der Waals surface area contributed by atoms with Crippen LogP contribution in [0.15, 0.2) is 58.3 Å². The maximum absolute atomic E-state index is 13.1. The maximum atomic E-state index is 13.1. The van der Waals surface area contributed by atoms with Crippen molar-refractivity contribution >= 4 is 17.0 Å². The van der Waals surface area contributed by atoms with Crippen LogP contribution in [-0.4, -0.2) is 32.9 Å². The Hall–Kier alpha value is -4.14. The van der Waals surface area contributed by atoms with Crippen LogP contribution in [0.5, 0.6) is 11.5 Å². The summed E-state index contributed by atoms with van der Waals surface area (Å²) in [6.07, 6.45) is 2.36. The van der Waals surface area contributed by atoms with Gasteiger partial charge in [-0.2, -0.15) is 4.98 Å². The molecular weight excluding hydrogens is 398 g/mol. The van der Waals surface area contributed by atoms with Gasteiger partial charge < -0.3 is 14.4 Å². The molecule has 0 saturated heterocycles. The van der Waals surface area contributed by atoms with Gasteiger partial charge in [0, 0.05) is 25.4 Å². The van der Waals surface area contributed by atoms with E-state index in [2.05, 4.69) is 27.1 Å². The van der Waals surface area contributed by atoms with Gasteiger partial charge in [0.05, 0.1) is 5.69 Å². The predicted molar refractivity (Wildman–Crippen MR) is 113 cm³/mol. The normalized spacial score (nSPS) is 14.6. The van der Waals surface area contributed by atoms with E-state index in [1.54, 1.807) is 18.2 Å². The van der Waals surface area contributed by atoms with Gasteiger partial charge in [-0.3, -0.25) is 9.78 Å². The molecule has 154 valence electrons. The molecule has 2 aliphatic heterocycles. The van der Waals surface area contributed by atoms with Crippen LogP contribution in [0.4, 0.5) is 5.95 Å². The first-order chi connectivity index (χ1) is 15.2. The molecule has 0 atom stereocenters. The first-order valence-electron chi connectivity index (χ1n) is 9.91. The molecule has 0 unspecified atom stereocenters. The van der Waals surface area contributed by atoms with Crippen LogP contribution in [0.3, 0.4) is 0 Å². The summed E-state index contributed by atoms with van der Waals surface area (Å²) in [5.41, 5.74) is 2.08. The zero-order chi connectivity index (χ0) is 20.9. The zero-order valence-electron chi connectivity index (χ0n) is 16.4. The molecule has 4 aromatic rings. The highest BCUT2D eigenvalue weighted by atomic mass is 16.7. The Kier molecular flexibility index (Phi) is 3.82. The van der Waals surface area contributed by atoms with E-state index in [9.17, 15) is 9.59 Å².